The van der Waals surface area contributed by atoms with Gasteiger partial charge in [0.2, 0.25) is 0 Å². The zero-order valence-electron chi connectivity index (χ0n) is 11.3. The third kappa shape index (κ3) is 4.04. The molecule has 2 atom stereocenters. The van der Waals surface area contributed by atoms with Gasteiger partial charge in [0, 0.05) is 12.6 Å². The SMILES string of the molecule is C[C@H](c1ccccc1)N1CCC(COCC(=O)O)C1. The Hall–Kier alpha value is -1.39. The highest BCUT2D eigenvalue weighted by Crippen LogP contribution is 2.27. The van der Waals surface area contributed by atoms with Crippen molar-refractivity contribution >= 4 is 5.97 Å². The van der Waals surface area contributed by atoms with Crippen molar-refractivity contribution in [3.05, 3.63) is 35.9 Å². The molecule has 0 amide bonds. The molecule has 0 aliphatic carbocycles. The van der Waals surface area contributed by atoms with Crippen molar-refractivity contribution in [2.24, 2.45) is 5.92 Å². The maximum absolute atomic E-state index is 10.4. The van der Waals surface area contributed by atoms with E-state index in [4.69, 9.17) is 9.84 Å². The molecule has 1 N–H and O–H groups in total. The summed E-state index contributed by atoms with van der Waals surface area (Å²) in [5.74, 6) is -0.446. The molecule has 1 aliphatic heterocycles. The lowest BCUT2D eigenvalue weighted by Crippen LogP contribution is -2.25. The summed E-state index contributed by atoms with van der Waals surface area (Å²) in [6, 6.07) is 10.9. The number of hydrogen-bond donors (Lipinski definition) is 1. The summed E-state index contributed by atoms with van der Waals surface area (Å²) in [6.45, 7) is 4.61. The van der Waals surface area contributed by atoms with Crippen LogP contribution in [0, 0.1) is 5.92 Å². The fraction of sp³-hybridized carbons (Fsp3) is 0.533. The number of ether oxygens (including phenoxy) is 1. The van der Waals surface area contributed by atoms with E-state index in [1.54, 1.807) is 0 Å². The molecule has 2 rings (SSSR count). The van der Waals surface area contributed by atoms with Crippen molar-refractivity contribution in [2.45, 2.75) is 19.4 Å². The van der Waals surface area contributed by atoms with Crippen molar-refractivity contribution < 1.29 is 14.6 Å². The first kappa shape index (κ1) is 14.0. The predicted octanol–water partition coefficient (Wildman–Crippen LogP) is 2.17. The van der Waals surface area contributed by atoms with Gasteiger partial charge in [-0.15, -0.1) is 0 Å². The molecular formula is C15H21NO3. The quantitative estimate of drug-likeness (QED) is 0.854. The maximum Gasteiger partial charge on any atom is 0.329 e. The maximum atomic E-state index is 10.4. The van der Waals surface area contributed by atoms with Crippen LogP contribution in [-0.2, 0) is 9.53 Å². The number of hydrogen-bond acceptors (Lipinski definition) is 3. The van der Waals surface area contributed by atoms with Gasteiger partial charge in [-0.1, -0.05) is 30.3 Å². The van der Waals surface area contributed by atoms with Gasteiger partial charge in [0.1, 0.15) is 6.61 Å². The number of rotatable bonds is 6. The van der Waals surface area contributed by atoms with Gasteiger partial charge in [0.05, 0.1) is 6.61 Å². The first-order chi connectivity index (χ1) is 9.16. The average molecular weight is 263 g/mol. The standard InChI is InChI=1S/C15H21NO3/c1-12(14-5-3-2-4-6-14)16-8-7-13(9-16)10-19-11-15(17)18/h2-6,12-13H,7-11H2,1H3,(H,17,18)/t12-,13?/m1/s1. The second-order valence-corrected chi connectivity index (χ2v) is 5.15. The molecule has 104 valence electrons. The van der Waals surface area contributed by atoms with Crippen LogP contribution in [0.1, 0.15) is 24.9 Å². The number of nitrogens with zero attached hydrogens (tertiary/aromatic N) is 1. The van der Waals surface area contributed by atoms with E-state index in [1.807, 2.05) is 6.07 Å². The number of aliphatic carboxylic acids is 1. The normalized spacial score (nSPS) is 21.4. The molecule has 1 saturated heterocycles. The third-order valence-corrected chi connectivity index (χ3v) is 3.73. The largest absolute Gasteiger partial charge is 0.480 e. The molecule has 0 aromatic heterocycles. The van der Waals surface area contributed by atoms with E-state index in [9.17, 15) is 4.79 Å². The number of carboxylic acids is 1. The summed E-state index contributed by atoms with van der Waals surface area (Å²) in [7, 11) is 0. The highest BCUT2D eigenvalue weighted by molar-refractivity contribution is 5.67. The Morgan fingerprint density at radius 1 is 1.47 bits per heavy atom. The third-order valence-electron chi connectivity index (χ3n) is 3.73. The highest BCUT2D eigenvalue weighted by Gasteiger charge is 2.26. The van der Waals surface area contributed by atoms with E-state index >= 15 is 0 Å². The lowest BCUT2D eigenvalue weighted by Gasteiger charge is -2.24. The summed E-state index contributed by atoms with van der Waals surface area (Å²) in [5, 5.41) is 8.54. The molecule has 0 saturated carbocycles. The van der Waals surface area contributed by atoms with Crippen molar-refractivity contribution in [3.8, 4) is 0 Å². The molecule has 0 radical (unpaired) electrons. The number of carbonyl (C=O) groups is 1. The molecule has 0 bridgehead atoms. The van der Waals surface area contributed by atoms with Crippen molar-refractivity contribution in [1.82, 2.24) is 4.90 Å². The van der Waals surface area contributed by atoms with Gasteiger partial charge < -0.3 is 9.84 Å². The van der Waals surface area contributed by atoms with Crippen molar-refractivity contribution in [1.29, 1.82) is 0 Å². The lowest BCUT2D eigenvalue weighted by molar-refractivity contribution is -0.142. The van der Waals surface area contributed by atoms with Crippen LogP contribution in [0.15, 0.2) is 30.3 Å². The van der Waals surface area contributed by atoms with Crippen LogP contribution >= 0.6 is 0 Å². The van der Waals surface area contributed by atoms with Gasteiger partial charge in [-0.05, 0) is 31.4 Å². The summed E-state index contributed by atoms with van der Waals surface area (Å²) < 4.78 is 5.19. The van der Waals surface area contributed by atoms with E-state index in [-0.39, 0.29) is 6.61 Å². The van der Waals surface area contributed by atoms with Crippen LogP contribution in [-0.4, -0.2) is 42.3 Å². The Kier molecular flexibility index (Phi) is 4.93. The Balaban J connectivity index is 1.80. The van der Waals surface area contributed by atoms with Crippen molar-refractivity contribution in [2.75, 3.05) is 26.3 Å². The van der Waals surface area contributed by atoms with Gasteiger partial charge in [0.25, 0.3) is 0 Å². The zero-order valence-corrected chi connectivity index (χ0v) is 11.3. The first-order valence-corrected chi connectivity index (χ1v) is 6.75. The average Bonchev–Trinajstić information content (AvgIpc) is 2.87. The van der Waals surface area contributed by atoms with Gasteiger partial charge in [-0.2, -0.15) is 0 Å². The number of carboxylic acid groups (broad SMARTS) is 1. The van der Waals surface area contributed by atoms with Gasteiger partial charge >= 0.3 is 5.97 Å². The molecule has 4 nitrogen and oxygen atoms in total. The molecule has 1 aliphatic rings. The zero-order chi connectivity index (χ0) is 13.7. The summed E-state index contributed by atoms with van der Waals surface area (Å²) in [5.41, 5.74) is 1.33. The lowest BCUT2D eigenvalue weighted by atomic mass is 10.1. The Morgan fingerprint density at radius 2 is 2.21 bits per heavy atom. The second-order valence-electron chi connectivity index (χ2n) is 5.15. The minimum Gasteiger partial charge on any atom is -0.480 e. The molecular weight excluding hydrogens is 242 g/mol. The van der Waals surface area contributed by atoms with E-state index in [0.29, 0.717) is 18.6 Å². The minimum absolute atomic E-state index is 0.190. The van der Waals surface area contributed by atoms with E-state index < -0.39 is 5.97 Å². The molecule has 4 heteroatoms. The molecule has 1 unspecified atom stereocenters. The molecule has 1 fully saturated rings. The topological polar surface area (TPSA) is 49.8 Å². The highest BCUT2D eigenvalue weighted by atomic mass is 16.5. The van der Waals surface area contributed by atoms with Crippen LogP contribution in [0.5, 0.6) is 0 Å². The summed E-state index contributed by atoms with van der Waals surface area (Å²) in [4.78, 5) is 12.8. The first-order valence-electron chi connectivity index (χ1n) is 6.75. The molecule has 19 heavy (non-hydrogen) atoms. The van der Waals surface area contributed by atoms with Gasteiger partial charge in [-0.3, -0.25) is 4.90 Å². The monoisotopic (exact) mass is 263 g/mol. The number of likely N-dealkylation sites (tertiary alicyclic amines) is 1. The molecule has 1 aromatic rings. The Bertz CT molecular complexity index is 407. The fourth-order valence-electron chi connectivity index (χ4n) is 2.61. The summed E-state index contributed by atoms with van der Waals surface area (Å²) >= 11 is 0. The Morgan fingerprint density at radius 3 is 2.89 bits per heavy atom. The smallest absolute Gasteiger partial charge is 0.329 e. The minimum atomic E-state index is -0.896. The van der Waals surface area contributed by atoms with Crippen LogP contribution in [0.2, 0.25) is 0 Å². The number of benzene rings is 1. The van der Waals surface area contributed by atoms with Crippen molar-refractivity contribution in [3.63, 3.8) is 0 Å². The van der Waals surface area contributed by atoms with E-state index in [0.717, 1.165) is 19.5 Å². The molecule has 0 spiro atoms. The second kappa shape index (κ2) is 6.68. The van der Waals surface area contributed by atoms with Crippen LogP contribution < -0.4 is 0 Å². The van der Waals surface area contributed by atoms with E-state index in [2.05, 4.69) is 36.1 Å². The summed E-state index contributed by atoms with van der Waals surface area (Å²) in [6.07, 6.45) is 1.08. The molecule has 1 heterocycles. The van der Waals surface area contributed by atoms with Gasteiger partial charge in [-0.25, -0.2) is 4.79 Å². The van der Waals surface area contributed by atoms with Crippen LogP contribution in [0.4, 0.5) is 0 Å². The van der Waals surface area contributed by atoms with Crippen LogP contribution in [0.3, 0.4) is 0 Å². The predicted molar refractivity (Wildman–Crippen MR) is 73.0 cm³/mol. The fourth-order valence-corrected chi connectivity index (χ4v) is 2.61. The Labute approximate surface area is 114 Å². The van der Waals surface area contributed by atoms with E-state index in [1.165, 1.54) is 5.56 Å². The van der Waals surface area contributed by atoms with Crippen LogP contribution in [0.25, 0.3) is 0 Å². The molecule has 1 aromatic carbocycles. The van der Waals surface area contributed by atoms with Gasteiger partial charge in [0.15, 0.2) is 0 Å².